The number of nitrogens with one attached hydrogen (secondary N) is 1. The molecule has 0 aliphatic carbocycles. The first-order valence-electron chi connectivity index (χ1n) is 6.44. The molecule has 1 aromatic rings. The van der Waals surface area contributed by atoms with E-state index < -0.39 is 5.54 Å². The molecule has 4 nitrogen and oxygen atoms in total. The highest BCUT2D eigenvalue weighted by molar-refractivity contribution is 6.30. The van der Waals surface area contributed by atoms with E-state index in [9.17, 15) is 4.79 Å². The number of hydrogen-bond donors (Lipinski definition) is 2. The number of hydrogen-bond acceptors (Lipinski definition) is 3. The van der Waals surface area contributed by atoms with Crippen LogP contribution in [-0.4, -0.2) is 24.7 Å². The Morgan fingerprint density at radius 2 is 2.16 bits per heavy atom. The van der Waals surface area contributed by atoms with Crippen LogP contribution in [0.4, 0.5) is 0 Å². The smallest absolute Gasteiger partial charge is 0.240 e. The highest BCUT2D eigenvalue weighted by atomic mass is 35.5. The molecule has 1 aliphatic rings. The second-order valence-electron chi connectivity index (χ2n) is 5.02. The Hall–Kier alpha value is -1.10. The number of nitrogens with two attached hydrogens (primary N) is 1. The summed E-state index contributed by atoms with van der Waals surface area (Å²) in [6, 6.07) is 7.34. The minimum absolute atomic E-state index is 0.116. The largest absolute Gasteiger partial charge is 0.381 e. The van der Waals surface area contributed by atoms with Crippen molar-refractivity contribution in [3.8, 4) is 0 Å². The summed E-state index contributed by atoms with van der Waals surface area (Å²) in [5.74, 6) is -0.122. The molecule has 104 valence electrons. The first kappa shape index (κ1) is 14.3. The molecule has 1 amide bonds. The maximum absolute atomic E-state index is 12.3. The third kappa shape index (κ3) is 3.47. The van der Waals surface area contributed by atoms with Crippen molar-refractivity contribution >= 4 is 17.5 Å². The van der Waals surface area contributed by atoms with E-state index in [0.717, 1.165) is 5.56 Å². The summed E-state index contributed by atoms with van der Waals surface area (Å²) in [5.41, 5.74) is 6.30. The molecule has 1 heterocycles. The number of benzene rings is 1. The van der Waals surface area contributed by atoms with Gasteiger partial charge in [0.2, 0.25) is 5.91 Å². The van der Waals surface area contributed by atoms with Crippen molar-refractivity contribution in [2.24, 2.45) is 5.73 Å². The Bertz CT molecular complexity index is 459. The number of halogens is 1. The predicted molar refractivity (Wildman–Crippen MR) is 75.0 cm³/mol. The van der Waals surface area contributed by atoms with Crippen LogP contribution < -0.4 is 11.1 Å². The molecule has 1 atom stereocenters. The molecule has 0 bridgehead atoms. The van der Waals surface area contributed by atoms with Crippen LogP contribution >= 0.6 is 11.6 Å². The van der Waals surface area contributed by atoms with Crippen LogP contribution in [0.2, 0.25) is 5.02 Å². The summed E-state index contributed by atoms with van der Waals surface area (Å²) in [5, 5.41) is 3.61. The molecule has 3 N–H and O–H groups in total. The molecule has 0 radical (unpaired) electrons. The van der Waals surface area contributed by atoms with Gasteiger partial charge in [0.05, 0.1) is 11.6 Å². The summed E-state index contributed by atoms with van der Waals surface area (Å²) >= 11 is 5.95. The van der Waals surface area contributed by atoms with Crippen molar-refractivity contribution in [3.05, 3.63) is 34.9 Å². The summed E-state index contributed by atoms with van der Waals surface area (Å²) in [6.45, 7) is 3.00. The molecule has 19 heavy (non-hydrogen) atoms. The fourth-order valence-electron chi connectivity index (χ4n) is 2.16. The molecular weight excluding hydrogens is 264 g/mol. The SMILES string of the molecule is CC(NC(=O)C1(N)CCOCC1)c1cccc(Cl)c1. The molecule has 1 aromatic carbocycles. The van der Waals surface area contributed by atoms with E-state index in [0.29, 0.717) is 31.1 Å². The minimum atomic E-state index is -0.814. The first-order valence-corrected chi connectivity index (χ1v) is 6.82. The number of carbonyl (C=O) groups excluding carboxylic acids is 1. The summed E-state index contributed by atoms with van der Waals surface area (Å²) in [7, 11) is 0. The van der Waals surface area contributed by atoms with E-state index >= 15 is 0 Å². The molecular formula is C14H19ClN2O2. The van der Waals surface area contributed by atoms with Crippen LogP contribution in [0, 0.1) is 0 Å². The maximum Gasteiger partial charge on any atom is 0.240 e. The second kappa shape index (κ2) is 5.90. The maximum atomic E-state index is 12.3. The van der Waals surface area contributed by atoms with Crippen molar-refractivity contribution in [1.29, 1.82) is 0 Å². The van der Waals surface area contributed by atoms with E-state index in [4.69, 9.17) is 22.1 Å². The molecule has 1 unspecified atom stereocenters. The zero-order valence-electron chi connectivity index (χ0n) is 11.0. The third-order valence-corrected chi connectivity index (χ3v) is 3.77. The van der Waals surface area contributed by atoms with Gasteiger partial charge in [-0.1, -0.05) is 23.7 Å². The van der Waals surface area contributed by atoms with Crippen LogP contribution in [-0.2, 0) is 9.53 Å². The molecule has 5 heteroatoms. The lowest BCUT2D eigenvalue weighted by Gasteiger charge is -2.33. The first-order chi connectivity index (χ1) is 9.01. The monoisotopic (exact) mass is 282 g/mol. The lowest BCUT2D eigenvalue weighted by atomic mass is 9.90. The van der Waals surface area contributed by atoms with Gasteiger partial charge in [-0.15, -0.1) is 0 Å². The van der Waals surface area contributed by atoms with Gasteiger partial charge in [0, 0.05) is 18.2 Å². The van der Waals surface area contributed by atoms with Gasteiger partial charge in [-0.25, -0.2) is 0 Å². The highest BCUT2D eigenvalue weighted by Crippen LogP contribution is 2.21. The van der Waals surface area contributed by atoms with Crippen LogP contribution in [0.1, 0.15) is 31.4 Å². The topological polar surface area (TPSA) is 64.4 Å². The van der Waals surface area contributed by atoms with Gasteiger partial charge in [-0.2, -0.15) is 0 Å². The summed E-state index contributed by atoms with van der Waals surface area (Å²) in [6.07, 6.45) is 1.11. The molecule has 1 aliphatic heterocycles. The van der Waals surface area contributed by atoms with Gasteiger partial charge in [-0.3, -0.25) is 4.79 Å². The van der Waals surface area contributed by atoms with Gasteiger partial charge in [-0.05, 0) is 37.5 Å². The zero-order chi connectivity index (χ0) is 13.9. The molecule has 2 rings (SSSR count). The standard InChI is InChI=1S/C14H19ClN2O2/c1-10(11-3-2-4-12(15)9-11)17-13(18)14(16)5-7-19-8-6-14/h2-4,9-10H,5-8,16H2,1H3,(H,17,18). The zero-order valence-corrected chi connectivity index (χ0v) is 11.7. The third-order valence-electron chi connectivity index (χ3n) is 3.53. The fourth-order valence-corrected chi connectivity index (χ4v) is 2.36. The number of carbonyl (C=O) groups is 1. The van der Waals surface area contributed by atoms with Crippen molar-refractivity contribution in [2.75, 3.05) is 13.2 Å². The minimum Gasteiger partial charge on any atom is -0.381 e. The number of ether oxygens (including phenoxy) is 1. The number of amides is 1. The van der Waals surface area contributed by atoms with Crippen molar-refractivity contribution < 1.29 is 9.53 Å². The predicted octanol–water partition coefficient (Wildman–Crippen LogP) is 2.03. The fraction of sp³-hybridized carbons (Fsp3) is 0.500. The van der Waals surface area contributed by atoms with E-state index in [2.05, 4.69) is 5.32 Å². The number of rotatable bonds is 3. The van der Waals surface area contributed by atoms with E-state index in [-0.39, 0.29) is 11.9 Å². The van der Waals surface area contributed by atoms with Gasteiger partial charge in [0.25, 0.3) is 0 Å². The van der Waals surface area contributed by atoms with Crippen LogP contribution in [0.5, 0.6) is 0 Å². The molecule has 0 saturated carbocycles. The molecule has 0 aromatic heterocycles. The quantitative estimate of drug-likeness (QED) is 0.891. The molecule has 0 spiro atoms. The van der Waals surface area contributed by atoms with Crippen molar-refractivity contribution in [2.45, 2.75) is 31.3 Å². The van der Waals surface area contributed by atoms with E-state index in [1.807, 2.05) is 31.2 Å². The Kier molecular flexibility index (Phi) is 4.45. The summed E-state index contributed by atoms with van der Waals surface area (Å²) in [4.78, 5) is 12.3. The van der Waals surface area contributed by atoms with Gasteiger partial charge < -0.3 is 15.8 Å². The Morgan fingerprint density at radius 1 is 1.47 bits per heavy atom. The van der Waals surface area contributed by atoms with E-state index in [1.165, 1.54) is 0 Å². The summed E-state index contributed by atoms with van der Waals surface area (Å²) < 4.78 is 5.24. The molecule has 1 saturated heterocycles. The van der Waals surface area contributed by atoms with Gasteiger partial charge in [0.1, 0.15) is 0 Å². The van der Waals surface area contributed by atoms with Gasteiger partial charge >= 0.3 is 0 Å². The average molecular weight is 283 g/mol. The second-order valence-corrected chi connectivity index (χ2v) is 5.46. The van der Waals surface area contributed by atoms with Crippen molar-refractivity contribution in [3.63, 3.8) is 0 Å². The Labute approximate surface area is 118 Å². The average Bonchev–Trinajstić information content (AvgIpc) is 2.39. The van der Waals surface area contributed by atoms with E-state index in [1.54, 1.807) is 0 Å². The van der Waals surface area contributed by atoms with Crippen LogP contribution in [0.25, 0.3) is 0 Å². The Balaban J connectivity index is 2.02. The Morgan fingerprint density at radius 3 is 2.79 bits per heavy atom. The van der Waals surface area contributed by atoms with Crippen LogP contribution in [0.15, 0.2) is 24.3 Å². The van der Waals surface area contributed by atoms with Crippen LogP contribution in [0.3, 0.4) is 0 Å². The highest BCUT2D eigenvalue weighted by Gasteiger charge is 2.36. The lowest BCUT2D eigenvalue weighted by molar-refractivity contribution is -0.130. The molecule has 1 fully saturated rings. The normalized spacial score (nSPS) is 19.7. The van der Waals surface area contributed by atoms with Gasteiger partial charge in [0.15, 0.2) is 0 Å². The van der Waals surface area contributed by atoms with Crippen molar-refractivity contribution in [1.82, 2.24) is 5.32 Å². The lowest BCUT2D eigenvalue weighted by Crippen LogP contribution is -2.57.